The van der Waals surface area contributed by atoms with Gasteiger partial charge in [0.1, 0.15) is 0 Å². The molecule has 0 bridgehead atoms. The highest BCUT2D eigenvalue weighted by Crippen LogP contribution is 2.18. The molecule has 0 aliphatic carbocycles. The van der Waals surface area contributed by atoms with Crippen LogP contribution in [0.4, 0.5) is 0 Å². The zero-order valence-corrected chi connectivity index (χ0v) is 10.2. The molecule has 2 N–H and O–H groups in total. The number of rotatable bonds is 5. The van der Waals surface area contributed by atoms with E-state index in [0.29, 0.717) is 18.0 Å². The molecule has 16 heavy (non-hydrogen) atoms. The topological polar surface area (TPSA) is 67.2 Å². The van der Waals surface area contributed by atoms with E-state index in [1.54, 1.807) is 4.68 Å². The first-order valence-corrected chi connectivity index (χ1v) is 5.51. The van der Waals surface area contributed by atoms with Crippen LogP contribution in [0.2, 0.25) is 5.02 Å². The fraction of sp³-hybridized carbons (Fsp3) is 0.600. The van der Waals surface area contributed by atoms with Crippen molar-refractivity contribution in [3.63, 3.8) is 0 Å². The number of hydrogen-bond donors (Lipinski definition) is 2. The molecular weight excluding hydrogens is 230 g/mol. The largest absolute Gasteiger partial charge is 0.395 e. The van der Waals surface area contributed by atoms with Crippen molar-refractivity contribution in [2.45, 2.75) is 26.8 Å². The lowest BCUT2D eigenvalue weighted by atomic mass is 10.3. The fourth-order valence-electron chi connectivity index (χ4n) is 1.38. The Kier molecular flexibility index (Phi) is 4.76. The van der Waals surface area contributed by atoms with Crippen LogP contribution in [0.5, 0.6) is 0 Å². The van der Waals surface area contributed by atoms with Gasteiger partial charge in [-0.25, -0.2) is 0 Å². The monoisotopic (exact) mass is 245 g/mol. The number of aryl methyl sites for hydroxylation is 2. The van der Waals surface area contributed by atoms with Crippen LogP contribution in [0.1, 0.15) is 17.8 Å². The van der Waals surface area contributed by atoms with Crippen molar-refractivity contribution in [3.05, 3.63) is 16.4 Å². The van der Waals surface area contributed by atoms with Gasteiger partial charge in [-0.05, 0) is 13.8 Å². The number of carbonyl (C=O) groups excluding carboxylic acids is 1. The lowest BCUT2D eigenvalue weighted by Gasteiger charge is -2.05. The first-order chi connectivity index (χ1) is 7.56. The fourth-order valence-corrected chi connectivity index (χ4v) is 1.52. The Balaban J connectivity index is 2.48. The van der Waals surface area contributed by atoms with Crippen molar-refractivity contribution in [3.8, 4) is 0 Å². The summed E-state index contributed by atoms with van der Waals surface area (Å²) in [7, 11) is 0. The molecule has 1 heterocycles. The van der Waals surface area contributed by atoms with Gasteiger partial charge in [0, 0.05) is 13.0 Å². The van der Waals surface area contributed by atoms with E-state index in [0.717, 1.165) is 11.4 Å². The molecule has 1 aromatic heterocycles. The average molecular weight is 246 g/mol. The van der Waals surface area contributed by atoms with E-state index < -0.39 is 0 Å². The number of carbonyl (C=O) groups is 1. The number of aromatic nitrogens is 2. The third kappa shape index (κ3) is 3.21. The van der Waals surface area contributed by atoms with Crippen LogP contribution in [-0.4, -0.2) is 33.9 Å². The highest BCUT2D eigenvalue weighted by atomic mass is 35.5. The first-order valence-electron chi connectivity index (χ1n) is 5.13. The molecule has 0 saturated carbocycles. The van der Waals surface area contributed by atoms with E-state index in [9.17, 15) is 4.79 Å². The molecule has 1 rings (SSSR count). The lowest BCUT2D eigenvalue weighted by Crippen LogP contribution is -2.27. The average Bonchev–Trinajstić information content (AvgIpc) is 2.51. The number of aliphatic hydroxyl groups excluding tert-OH is 1. The minimum Gasteiger partial charge on any atom is -0.395 e. The first kappa shape index (κ1) is 13.0. The number of halogens is 1. The molecule has 0 atom stereocenters. The summed E-state index contributed by atoms with van der Waals surface area (Å²) < 4.78 is 1.72. The number of nitrogens with one attached hydrogen (secondary N) is 1. The third-order valence-corrected chi connectivity index (χ3v) is 2.82. The van der Waals surface area contributed by atoms with Gasteiger partial charge < -0.3 is 10.4 Å². The Labute approximate surface area is 99.4 Å². The minimum absolute atomic E-state index is 0.0442. The molecule has 1 aromatic rings. The zero-order valence-electron chi connectivity index (χ0n) is 9.46. The second-order valence-corrected chi connectivity index (χ2v) is 3.91. The Morgan fingerprint density at radius 1 is 1.56 bits per heavy atom. The molecule has 0 spiro atoms. The van der Waals surface area contributed by atoms with Gasteiger partial charge in [0.2, 0.25) is 5.91 Å². The molecule has 0 saturated heterocycles. The third-order valence-electron chi connectivity index (χ3n) is 2.28. The van der Waals surface area contributed by atoms with Crippen LogP contribution in [0.15, 0.2) is 0 Å². The van der Waals surface area contributed by atoms with E-state index in [-0.39, 0.29) is 19.1 Å². The van der Waals surface area contributed by atoms with E-state index in [4.69, 9.17) is 16.7 Å². The summed E-state index contributed by atoms with van der Waals surface area (Å²) in [6.07, 6.45) is 0.332. The van der Waals surface area contributed by atoms with Crippen molar-refractivity contribution >= 4 is 17.5 Å². The smallest absolute Gasteiger partial charge is 0.221 e. The number of hydrogen-bond acceptors (Lipinski definition) is 3. The van der Waals surface area contributed by atoms with Crippen molar-refractivity contribution < 1.29 is 9.90 Å². The molecule has 0 fully saturated rings. The van der Waals surface area contributed by atoms with Crippen molar-refractivity contribution in [1.29, 1.82) is 0 Å². The zero-order chi connectivity index (χ0) is 12.1. The summed E-state index contributed by atoms with van der Waals surface area (Å²) in [5.41, 5.74) is 1.64. The van der Waals surface area contributed by atoms with Crippen LogP contribution in [0.3, 0.4) is 0 Å². The van der Waals surface area contributed by atoms with Gasteiger partial charge in [-0.3, -0.25) is 9.48 Å². The summed E-state index contributed by atoms with van der Waals surface area (Å²) >= 11 is 5.98. The standard InChI is InChI=1S/C10H16ClN3O2/c1-7-10(11)8(2)14(13-7)5-3-9(16)12-4-6-15/h15H,3-6H2,1-2H3,(H,12,16). The predicted molar refractivity (Wildman–Crippen MR) is 61.4 cm³/mol. The van der Waals surface area contributed by atoms with E-state index >= 15 is 0 Å². The van der Waals surface area contributed by atoms with Gasteiger partial charge in [-0.1, -0.05) is 11.6 Å². The maximum Gasteiger partial charge on any atom is 0.221 e. The van der Waals surface area contributed by atoms with Crippen LogP contribution in [0.25, 0.3) is 0 Å². The molecule has 5 nitrogen and oxygen atoms in total. The van der Waals surface area contributed by atoms with Crippen LogP contribution >= 0.6 is 11.6 Å². The molecule has 0 unspecified atom stereocenters. The van der Waals surface area contributed by atoms with Crippen LogP contribution in [0, 0.1) is 13.8 Å². The van der Waals surface area contributed by atoms with Gasteiger partial charge in [0.05, 0.1) is 29.6 Å². The van der Waals surface area contributed by atoms with Crippen LogP contribution in [-0.2, 0) is 11.3 Å². The molecule has 90 valence electrons. The summed E-state index contributed by atoms with van der Waals surface area (Å²) in [4.78, 5) is 11.3. The Morgan fingerprint density at radius 3 is 2.75 bits per heavy atom. The van der Waals surface area contributed by atoms with E-state index in [1.807, 2.05) is 13.8 Å². The molecule has 0 radical (unpaired) electrons. The maximum absolute atomic E-state index is 11.3. The molecule has 1 amide bonds. The molecule has 0 aliphatic rings. The van der Waals surface area contributed by atoms with E-state index in [2.05, 4.69) is 10.4 Å². The molecule has 0 aliphatic heterocycles. The SMILES string of the molecule is Cc1nn(CCC(=O)NCCO)c(C)c1Cl. The second-order valence-electron chi connectivity index (χ2n) is 3.53. The lowest BCUT2D eigenvalue weighted by molar-refractivity contribution is -0.121. The normalized spacial score (nSPS) is 10.5. The summed E-state index contributed by atoms with van der Waals surface area (Å²) in [6.45, 7) is 4.44. The molecule has 6 heteroatoms. The van der Waals surface area contributed by atoms with E-state index in [1.165, 1.54) is 0 Å². The minimum atomic E-state index is -0.0993. The number of amides is 1. The predicted octanol–water partition coefficient (Wildman–Crippen LogP) is 0.652. The summed E-state index contributed by atoms with van der Waals surface area (Å²) in [5, 5.41) is 16.0. The Morgan fingerprint density at radius 2 is 2.25 bits per heavy atom. The van der Waals surface area contributed by atoms with Gasteiger partial charge in [-0.15, -0.1) is 0 Å². The van der Waals surface area contributed by atoms with Gasteiger partial charge in [0.25, 0.3) is 0 Å². The highest BCUT2D eigenvalue weighted by molar-refractivity contribution is 6.31. The van der Waals surface area contributed by atoms with Gasteiger partial charge in [-0.2, -0.15) is 5.10 Å². The van der Waals surface area contributed by atoms with Crippen molar-refractivity contribution in [1.82, 2.24) is 15.1 Å². The highest BCUT2D eigenvalue weighted by Gasteiger charge is 2.09. The second kappa shape index (κ2) is 5.86. The Hall–Kier alpha value is -1.07. The number of nitrogens with zero attached hydrogens (tertiary/aromatic N) is 2. The number of aliphatic hydroxyl groups is 1. The maximum atomic E-state index is 11.3. The van der Waals surface area contributed by atoms with Crippen molar-refractivity contribution in [2.75, 3.05) is 13.2 Å². The summed E-state index contributed by atoms with van der Waals surface area (Å²) in [5.74, 6) is -0.0993. The Bertz CT molecular complexity index is 376. The molecule has 0 aromatic carbocycles. The summed E-state index contributed by atoms with van der Waals surface area (Å²) in [6, 6.07) is 0. The van der Waals surface area contributed by atoms with Gasteiger partial charge in [0.15, 0.2) is 0 Å². The van der Waals surface area contributed by atoms with Crippen molar-refractivity contribution in [2.24, 2.45) is 0 Å². The molecular formula is C10H16ClN3O2. The quantitative estimate of drug-likeness (QED) is 0.801. The van der Waals surface area contributed by atoms with Gasteiger partial charge >= 0.3 is 0 Å². The van der Waals surface area contributed by atoms with Crippen LogP contribution < -0.4 is 5.32 Å².